The monoisotopic (exact) mass is 362 g/mol. The van der Waals surface area contributed by atoms with Crippen molar-refractivity contribution in [2.45, 2.75) is 32.3 Å². The van der Waals surface area contributed by atoms with Crippen LogP contribution < -0.4 is 0 Å². The molecule has 1 aromatic carbocycles. The van der Waals surface area contributed by atoms with Gasteiger partial charge in [-0.2, -0.15) is 0 Å². The number of aliphatic hydroxyl groups is 1. The van der Waals surface area contributed by atoms with Crippen LogP contribution in [0.5, 0.6) is 0 Å². The Morgan fingerprint density at radius 1 is 1.26 bits per heavy atom. The zero-order chi connectivity index (χ0) is 18.8. The Bertz CT molecular complexity index is 984. The van der Waals surface area contributed by atoms with Gasteiger partial charge in [0.1, 0.15) is 11.5 Å². The third-order valence-corrected chi connectivity index (χ3v) is 5.16. The number of hydrogen-bond donors (Lipinski definition) is 1. The first-order valence-electron chi connectivity index (χ1n) is 9.23. The molecule has 1 N–H and O–H groups in total. The number of piperidine rings is 1. The second kappa shape index (κ2) is 7.40. The lowest BCUT2D eigenvalue weighted by atomic mass is 9.91. The molecule has 2 aromatic heterocycles. The van der Waals surface area contributed by atoms with Gasteiger partial charge in [0.25, 0.3) is 5.91 Å². The van der Waals surface area contributed by atoms with E-state index in [0.717, 1.165) is 34.9 Å². The number of hydrogen-bond acceptors (Lipinski definition) is 5. The second-order valence-electron chi connectivity index (χ2n) is 6.96. The van der Waals surface area contributed by atoms with Gasteiger partial charge in [0, 0.05) is 42.4 Å². The van der Waals surface area contributed by atoms with Crippen molar-refractivity contribution in [1.82, 2.24) is 19.9 Å². The smallest absolute Gasteiger partial charge is 0.273 e. The Balaban J connectivity index is 1.63. The summed E-state index contributed by atoms with van der Waals surface area (Å²) in [6.45, 7) is 3.04. The zero-order valence-corrected chi connectivity index (χ0v) is 15.3. The van der Waals surface area contributed by atoms with E-state index in [2.05, 4.69) is 15.0 Å². The Morgan fingerprint density at radius 3 is 2.96 bits per heavy atom. The fourth-order valence-electron chi connectivity index (χ4n) is 3.81. The molecule has 3 aromatic rings. The maximum absolute atomic E-state index is 13.2. The highest BCUT2D eigenvalue weighted by molar-refractivity contribution is 6.05. The Morgan fingerprint density at radius 2 is 2.11 bits per heavy atom. The molecule has 1 amide bonds. The zero-order valence-electron chi connectivity index (χ0n) is 15.3. The van der Waals surface area contributed by atoms with Gasteiger partial charge in [-0.05, 0) is 31.2 Å². The summed E-state index contributed by atoms with van der Waals surface area (Å²) in [5, 5.41) is 11.5. The van der Waals surface area contributed by atoms with Crippen molar-refractivity contribution in [3.05, 3.63) is 65.5 Å². The Hall–Kier alpha value is -2.86. The summed E-state index contributed by atoms with van der Waals surface area (Å²) in [6, 6.07) is 9.74. The van der Waals surface area contributed by atoms with Crippen LogP contribution in [0, 0.1) is 6.92 Å². The summed E-state index contributed by atoms with van der Waals surface area (Å²) < 4.78 is 0. The van der Waals surface area contributed by atoms with Gasteiger partial charge in [-0.3, -0.25) is 9.78 Å². The largest absolute Gasteiger partial charge is 0.392 e. The molecular formula is C21H22N4O2. The van der Waals surface area contributed by atoms with Crippen LogP contribution in [0.1, 0.15) is 46.3 Å². The minimum atomic E-state index is -0.0923. The number of carbonyl (C=O) groups is 1. The van der Waals surface area contributed by atoms with Crippen molar-refractivity contribution in [3.8, 4) is 0 Å². The Kier molecular flexibility index (Phi) is 4.81. The topological polar surface area (TPSA) is 79.2 Å². The summed E-state index contributed by atoms with van der Waals surface area (Å²) in [6.07, 6.45) is 5.21. The maximum atomic E-state index is 13.2. The van der Waals surface area contributed by atoms with Crippen molar-refractivity contribution < 1.29 is 9.90 Å². The molecule has 0 bridgehead atoms. The molecule has 0 aliphatic carbocycles. The molecule has 6 nitrogen and oxygen atoms in total. The van der Waals surface area contributed by atoms with Gasteiger partial charge in [-0.1, -0.05) is 24.3 Å². The minimum Gasteiger partial charge on any atom is -0.392 e. The number of aromatic nitrogens is 3. The second-order valence-corrected chi connectivity index (χ2v) is 6.96. The van der Waals surface area contributed by atoms with Crippen LogP contribution in [0.15, 0.2) is 42.7 Å². The SMILES string of the molecule is Cc1ncc(CO)c(C2CCCN(C(=O)c3nccc4ccccc34)C2)n1. The van der Waals surface area contributed by atoms with Crippen LogP contribution in [0.3, 0.4) is 0 Å². The molecule has 27 heavy (non-hydrogen) atoms. The number of likely N-dealkylation sites (tertiary alicyclic amines) is 1. The molecule has 6 heteroatoms. The van der Waals surface area contributed by atoms with Gasteiger partial charge < -0.3 is 10.0 Å². The lowest BCUT2D eigenvalue weighted by molar-refractivity contribution is 0.0701. The van der Waals surface area contributed by atoms with E-state index in [4.69, 9.17) is 0 Å². The van der Waals surface area contributed by atoms with Crippen LogP contribution in [-0.2, 0) is 6.61 Å². The molecular weight excluding hydrogens is 340 g/mol. The predicted octanol–water partition coefficient (Wildman–Crippen LogP) is 2.85. The number of nitrogens with zero attached hydrogens (tertiary/aromatic N) is 4. The molecule has 1 atom stereocenters. The van der Waals surface area contributed by atoms with E-state index in [-0.39, 0.29) is 18.4 Å². The molecule has 0 saturated carbocycles. The first-order chi connectivity index (χ1) is 13.2. The third-order valence-electron chi connectivity index (χ3n) is 5.16. The van der Waals surface area contributed by atoms with E-state index in [1.54, 1.807) is 12.4 Å². The standard InChI is InChI=1S/C21H22N4O2/c1-14-23-11-17(13-26)19(24-14)16-6-4-10-25(12-16)21(27)20-18-7-3-2-5-15(18)8-9-22-20/h2-3,5,7-9,11,16,26H,4,6,10,12-13H2,1H3. The highest BCUT2D eigenvalue weighted by Crippen LogP contribution is 2.29. The van der Waals surface area contributed by atoms with E-state index in [0.29, 0.717) is 24.6 Å². The average molecular weight is 362 g/mol. The van der Waals surface area contributed by atoms with Crippen LogP contribution >= 0.6 is 0 Å². The minimum absolute atomic E-state index is 0.0483. The van der Waals surface area contributed by atoms with Crippen molar-refractivity contribution in [2.75, 3.05) is 13.1 Å². The number of pyridine rings is 1. The first kappa shape index (κ1) is 17.5. The van der Waals surface area contributed by atoms with Crippen LogP contribution in [0.25, 0.3) is 10.8 Å². The van der Waals surface area contributed by atoms with E-state index in [1.807, 2.05) is 42.2 Å². The quantitative estimate of drug-likeness (QED) is 0.775. The van der Waals surface area contributed by atoms with Gasteiger partial charge in [0.2, 0.25) is 0 Å². The van der Waals surface area contributed by atoms with Crippen LogP contribution in [-0.4, -0.2) is 44.0 Å². The van der Waals surface area contributed by atoms with E-state index < -0.39 is 0 Å². The number of aliphatic hydroxyl groups excluding tert-OH is 1. The first-order valence-corrected chi connectivity index (χ1v) is 9.23. The van der Waals surface area contributed by atoms with Crippen molar-refractivity contribution in [1.29, 1.82) is 0 Å². The molecule has 1 aliphatic rings. The van der Waals surface area contributed by atoms with E-state index in [9.17, 15) is 9.90 Å². The summed E-state index contributed by atoms with van der Waals surface area (Å²) >= 11 is 0. The number of benzene rings is 1. The Labute approximate surface area is 157 Å². The lowest BCUT2D eigenvalue weighted by Gasteiger charge is -2.33. The van der Waals surface area contributed by atoms with Crippen molar-refractivity contribution in [2.24, 2.45) is 0 Å². The maximum Gasteiger partial charge on any atom is 0.273 e. The fourth-order valence-corrected chi connectivity index (χ4v) is 3.81. The van der Waals surface area contributed by atoms with Gasteiger partial charge in [-0.25, -0.2) is 9.97 Å². The lowest BCUT2D eigenvalue weighted by Crippen LogP contribution is -2.40. The molecule has 1 fully saturated rings. The van der Waals surface area contributed by atoms with Gasteiger partial charge >= 0.3 is 0 Å². The highest BCUT2D eigenvalue weighted by Gasteiger charge is 2.29. The molecule has 1 unspecified atom stereocenters. The molecule has 0 radical (unpaired) electrons. The summed E-state index contributed by atoms with van der Waals surface area (Å²) in [7, 11) is 0. The number of amides is 1. The van der Waals surface area contributed by atoms with Gasteiger partial charge in [-0.15, -0.1) is 0 Å². The molecule has 1 aliphatic heterocycles. The summed E-state index contributed by atoms with van der Waals surface area (Å²) in [5.74, 6) is 0.732. The summed E-state index contributed by atoms with van der Waals surface area (Å²) in [4.78, 5) is 28.2. The molecule has 3 heterocycles. The molecule has 1 saturated heterocycles. The summed E-state index contributed by atoms with van der Waals surface area (Å²) in [5.41, 5.74) is 2.09. The molecule has 138 valence electrons. The number of fused-ring (bicyclic) bond motifs is 1. The normalized spacial score (nSPS) is 17.3. The third kappa shape index (κ3) is 3.40. The molecule has 0 spiro atoms. The van der Waals surface area contributed by atoms with E-state index in [1.165, 1.54) is 0 Å². The van der Waals surface area contributed by atoms with Crippen molar-refractivity contribution in [3.63, 3.8) is 0 Å². The predicted molar refractivity (Wildman–Crippen MR) is 102 cm³/mol. The van der Waals surface area contributed by atoms with E-state index >= 15 is 0 Å². The van der Waals surface area contributed by atoms with Crippen LogP contribution in [0.4, 0.5) is 0 Å². The van der Waals surface area contributed by atoms with Crippen molar-refractivity contribution >= 4 is 16.7 Å². The number of aryl methyl sites for hydroxylation is 1. The average Bonchev–Trinajstić information content (AvgIpc) is 2.73. The van der Waals surface area contributed by atoms with Gasteiger partial charge in [0.05, 0.1) is 12.3 Å². The number of rotatable bonds is 3. The number of carbonyl (C=O) groups excluding carboxylic acids is 1. The van der Waals surface area contributed by atoms with Crippen LogP contribution in [0.2, 0.25) is 0 Å². The highest BCUT2D eigenvalue weighted by atomic mass is 16.3. The van der Waals surface area contributed by atoms with Gasteiger partial charge in [0.15, 0.2) is 0 Å². The fraction of sp³-hybridized carbons (Fsp3) is 0.333. The molecule has 4 rings (SSSR count).